The van der Waals surface area contributed by atoms with Gasteiger partial charge in [0.05, 0.1) is 11.3 Å². The van der Waals surface area contributed by atoms with Crippen LogP contribution >= 0.6 is 0 Å². The van der Waals surface area contributed by atoms with E-state index in [2.05, 4.69) is 4.98 Å². The molecule has 2 fully saturated rings. The average molecular weight is 472 g/mol. The Kier molecular flexibility index (Phi) is 7.21. The van der Waals surface area contributed by atoms with Crippen LogP contribution in [-0.4, -0.2) is 62.6 Å². The summed E-state index contributed by atoms with van der Waals surface area (Å²) in [6.45, 7) is 2.25. The topological polar surface area (TPSA) is 71.3 Å². The van der Waals surface area contributed by atoms with Crippen molar-refractivity contribution in [3.63, 3.8) is 0 Å². The first-order valence-electron chi connectivity index (χ1n) is 12.8. The average Bonchev–Trinajstić information content (AvgIpc) is 3.39. The van der Waals surface area contributed by atoms with Crippen molar-refractivity contribution in [3.8, 4) is 16.9 Å². The summed E-state index contributed by atoms with van der Waals surface area (Å²) in [5.74, 6) is 0.888. The van der Waals surface area contributed by atoms with Crippen molar-refractivity contribution in [2.75, 3.05) is 26.2 Å². The minimum absolute atomic E-state index is 0.0552. The highest BCUT2D eigenvalue weighted by Crippen LogP contribution is 2.28. The lowest BCUT2D eigenvalue weighted by molar-refractivity contribution is -0.133. The Labute approximate surface area is 206 Å². The van der Waals surface area contributed by atoms with Gasteiger partial charge in [-0.05, 0) is 36.6 Å². The van der Waals surface area contributed by atoms with Crippen LogP contribution in [0.4, 0.5) is 0 Å². The van der Waals surface area contributed by atoms with Gasteiger partial charge in [0, 0.05) is 56.8 Å². The summed E-state index contributed by atoms with van der Waals surface area (Å²) < 4.78 is 1.75. The monoisotopic (exact) mass is 471 g/mol. The zero-order valence-corrected chi connectivity index (χ0v) is 20.2. The summed E-state index contributed by atoms with van der Waals surface area (Å²) >= 11 is 0. The van der Waals surface area contributed by atoms with Gasteiger partial charge in [0.25, 0.3) is 5.91 Å². The zero-order valence-electron chi connectivity index (χ0n) is 20.2. The van der Waals surface area contributed by atoms with Gasteiger partial charge in [-0.2, -0.15) is 5.10 Å². The Morgan fingerprint density at radius 3 is 2.34 bits per heavy atom. The van der Waals surface area contributed by atoms with Crippen molar-refractivity contribution in [2.24, 2.45) is 5.92 Å². The summed E-state index contributed by atoms with van der Waals surface area (Å²) in [7, 11) is 0. The maximum absolute atomic E-state index is 13.6. The Bertz CT molecular complexity index is 1130. The molecule has 1 saturated heterocycles. The van der Waals surface area contributed by atoms with Gasteiger partial charge in [-0.3, -0.25) is 14.6 Å². The van der Waals surface area contributed by atoms with E-state index in [1.165, 1.54) is 32.1 Å². The number of carbonyl (C=O) groups is 2. The molecule has 0 radical (unpaired) electrons. The molecule has 1 aliphatic carbocycles. The molecule has 1 saturated carbocycles. The van der Waals surface area contributed by atoms with E-state index in [0.29, 0.717) is 49.8 Å². The molecular formula is C28H33N5O2. The Hall–Kier alpha value is -3.48. The predicted octanol–water partition coefficient (Wildman–Crippen LogP) is 4.58. The van der Waals surface area contributed by atoms with Gasteiger partial charge in [0.2, 0.25) is 5.91 Å². The van der Waals surface area contributed by atoms with Gasteiger partial charge >= 0.3 is 0 Å². The molecule has 5 rings (SSSR count). The minimum atomic E-state index is -0.0552. The number of para-hydroxylation sites is 1. The van der Waals surface area contributed by atoms with Crippen LogP contribution in [-0.2, 0) is 4.79 Å². The van der Waals surface area contributed by atoms with Crippen molar-refractivity contribution in [1.29, 1.82) is 0 Å². The molecule has 7 nitrogen and oxygen atoms in total. The number of aromatic nitrogens is 3. The third-order valence-electron chi connectivity index (χ3n) is 7.31. The van der Waals surface area contributed by atoms with E-state index in [9.17, 15) is 9.59 Å². The first kappa shape index (κ1) is 23.3. The van der Waals surface area contributed by atoms with Crippen LogP contribution in [0.1, 0.15) is 55.3 Å². The number of hydrogen-bond acceptors (Lipinski definition) is 4. The molecule has 2 aliphatic rings. The molecule has 2 aromatic heterocycles. The second-order valence-electron chi connectivity index (χ2n) is 9.63. The maximum Gasteiger partial charge on any atom is 0.257 e. The highest BCUT2D eigenvalue weighted by Gasteiger charge is 2.28. The molecule has 35 heavy (non-hydrogen) atoms. The molecule has 0 unspecified atom stereocenters. The van der Waals surface area contributed by atoms with E-state index >= 15 is 0 Å². The lowest BCUT2D eigenvalue weighted by Crippen LogP contribution is -2.50. The molecule has 1 aromatic carbocycles. The number of piperazine rings is 1. The fourth-order valence-corrected chi connectivity index (χ4v) is 5.25. The quantitative estimate of drug-likeness (QED) is 0.528. The second-order valence-corrected chi connectivity index (χ2v) is 9.63. The smallest absolute Gasteiger partial charge is 0.257 e. The lowest BCUT2D eigenvalue weighted by Gasteiger charge is -2.35. The van der Waals surface area contributed by atoms with Gasteiger partial charge in [-0.15, -0.1) is 0 Å². The largest absolute Gasteiger partial charge is 0.339 e. The zero-order chi connectivity index (χ0) is 24.0. The van der Waals surface area contributed by atoms with Crippen LogP contribution in [0.5, 0.6) is 0 Å². The van der Waals surface area contributed by atoms with E-state index in [-0.39, 0.29) is 11.8 Å². The molecule has 3 aromatic rings. The Balaban J connectivity index is 1.26. The first-order chi connectivity index (χ1) is 17.2. The van der Waals surface area contributed by atoms with Gasteiger partial charge < -0.3 is 9.80 Å². The van der Waals surface area contributed by atoms with Gasteiger partial charge in [-0.25, -0.2) is 4.68 Å². The number of carbonyl (C=O) groups excluding carboxylic acids is 2. The number of rotatable bonds is 6. The summed E-state index contributed by atoms with van der Waals surface area (Å²) in [4.78, 5) is 34.4. The van der Waals surface area contributed by atoms with Crippen molar-refractivity contribution >= 4 is 11.8 Å². The van der Waals surface area contributed by atoms with Gasteiger partial charge in [-0.1, -0.05) is 50.3 Å². The maximum atomic E-state index is 13.6. The fraction of sp³-hybridized carbons (Fsp3) is 0.429. The summed E-state index contributed by atoms with van der Waals surface area (Å²) in [5, 5.41) is 4.74. The van der Waals surface area contributed by atoms with Crippen LogP contribution in [0.25, 0.3) is 16.9 Å². The van der Waals surface area contributed by atoms with Crippen LogP contribution in [0.2, 0.25) is 0 Å². The highest BCUT2D eigenvalue weighted by atomic mass is 16.2. The Morgan fingerprint density at radius 1 is 0.886 bits per heavy atom. The second kappa shape index (κ2) is 10.8. The summed E-state index contributed by atoms with van der Waals surface area (Å²) in [5.41, 5.74) is 2.88. The van der Waals surface area contributed by atoms with E-state index in [4.69, 9.17) is 5.10 Å². The molecule has 7 heteroatoms. The molecule has 3 heterocycles. The Morgan fingerprint density at radius 2 is 1.63 bits per heavy atom. The highest BCUT2D eigenvalue weighted by molar-refractivity contribution is 6.00. The van der Waals surface area contributed by atoms with E-state index < -0.39 is 0 Å². The first-order valence-corrected chi connectivity index (χ1v) is 12.8. The van der Waals surface area contributed by atoms with Crippen molar-refractivity contribution in [2.45, 2.75) is 44.9 Å². The summed E-state index contributed by atoms with van der Waals surface area (Å²) in [6, 6.07) is 13.6. The molecule has 0 bridgehead atoms. The van der Waals surface area contributed by atoms with E-state index in [1.54, 1.807) is 17.1 Å². The minimum Gasteiger partial charge on any atom is -0.339 e. The van der Waals surface area contributed by atoms with Gasteiger partial charge in [0.15, 0.2) is 0 Å². The van der Waals surface area contributed by atoms with Crippen molar-refractivity contribution < 1.29 is 9.59 Å². The SMILES string of the molecule is O=C(CCC1CCCCC1)N1CCN(C(=O)c2cn(-c3ccccc3)nc2-c2cccnc2)CC1. The van der Waals surface area contributed by atoms with Crippen LogP contribution in [0.15, 0.2) is 61.1 Å². The van der Waals surface area contributed by atoms with Crippen LogP contribution in [0, 0.1) is 5.92 Å². The molecule has 0 N–H and O–H groups in total. The fourth-order valence-electron chi connectivity index (χ4n) is 5.25. The molecular weight excluding hydrogens is 438 g/mol. The van der Waals surface area contributed by atoms with E-state index in [0.717, 1.165) is 17.7 Å². The normalized spacial score (nSPS) is 16.9. The third kappa shape index (κ3) is 5.45. The predicted molar refractivity (Wildman–Crippen MR) is 135 cm³/mol. The number of nitrogens with zero attached hydrogens (tertiary/aromatic N) is 5. The summed E-state index contributed by atoms with van der Waals surface area (Å²) in [6.07, 6.45) is 13.4. The van der Waals surface area contributed by atoms with E-state index in [1.807, 2.05) is 58.5 Å². The number of pyridine rings is 1. The third-order valence-corrected chi connectivity index (χ3v) is 7.31. The van der Waals surface area contributed by atoms with Gasteiger partial charge in [0.1, 0.15) is 5.69 Å². The van der Waals surface area contributed by atoms with Crippen LogP contribution in [0.3, 0.4) is 0 Å². The van der Waals surface area contributed by atoms with Crippen molar-refractivity contribution in [1.82, 2.24) is 24.6 Å². The molecule has 1 aliphatic heterocycles. The standard InChI is InChI=1S/C28H33N5O2/c34-26(14-13-22-8-3-1-4-9-22)31-16-18-32(19-17-31)28(35)25-21-33(24-11-5-2-6-12-24)30-27(25)23-10-7-15-29-20-23/h2,5-7,10-12,15,20-22H,1,3-4,8-9,13-14,16-19H2. The molecule has 2 amide bonds. The van der Waals surface area contributed by atoms with Crippen LogP contribution < -0.4 is 0 Å². The lowest BCUT2D eigenvalue weighted by atomic mass is 9.86. The molecule has 0 atom stereocenters. The number of benzene rings is 1. The molecule has 182 valence electrons. The van der Waals surface area contributed by atoms with Crippen molar-refractivity contribution in [3.05, 3.63) is 66.6 Å². The number of hydrogen-bond donors (Lipinski definition) is 0. The molecule has 0 spiro atoms. The number of amides is 2.